The Morgan fingerprint density at radius 1 is 1.38 bits per heavy atom. The van der Waals surface area contributed by atoms with Crippen LogP contribution in [0.4, 0.5) is 0 Å². The summed E-state index contributed by atoms with van der Waals surface area (Å²) in [6, 6.07) is 4.36. The van der Waals surface area contributed by atoms with E-state index >= 15 is 0 Å². The molecule has 0 radical (unpaired) electrons. The third kappa shape index (κ3) is 1.52. The molecule has 0 spiro atoms. The number of pyridine rings is 1. The first-order valence-electron chi connectivity index (χ1n) is 4.52. The number of nitrogens with zero attached hydrogens (tertiary/aromatic N) is 1. The standard InChI is InChI=1S/C11H9NO4/c1-16-11(15)10-7-4-6(13)2-3-8(7)12-5-9(10)14/h2-5,13-14H,1H3. The van der Waals surface area contributed by atoms with Crippen LogP contribution in [0.25, 0.3) is 10.9 Å². The fraction of sp³-hybridized carbons (Fsp3) is 0.0909. The molecular formula is C11H9NO4. The van der Waals surface area contributed by atoms with Gasteiger partial charge in [0.15, 0.2) is 0 Å². The molecule has 0 bridgehead atoms. The summed E-state index contributed by atoms with van der Waals surface area (Å²) in [6.07, 6.45) is 1.17. The van der Waals surface area contributed by atoms with Gasteiger partial charge in [0, 0.05) is 5.39 Å². The van der Waals surface area contributed by atoms with Crippen LogP contribution >= 0.6 is 0 Å². The number of rotatable bonds is 1. The van der Waals surface area contributed by atoms with Crippen LogP contribution < -0.4 is 0 Å². The SMILES string of the molecule is COC(=O)c1c(O)cnc2ccc(O)cc12. The second-order valence-corrected chi connectivity index (χ2v) is 3.21. The lowest BCUT2D eigenvalue weighted by molar-refractivity contribution is 0.0599. The number of fused-ring (bicyclic) bond motifs is 1. The van der Waals surface area contributed by atoms with Crippen molar-refractivity contribution in [2.24, 2.45) is 0 Å². The fourth-order valence-corrected chi connectivity index (χ4v) is 1.49. The average Bonchev–Trinajstić information content (AvgIpc) is 2.28. The Balaban J connectivity index is 2.82. The van der Waals surface area contributed by atoms with Gasteiger partial charge in [0.2, 0.25) is 0 Å². The second kappa shape index (κ2) is 3.69. The van der Waals surface area contributed by atoms with Crippen LogP contribution in [0.3, 0.4) is 0 Å². The van der Waals surface area contributed by atoms with Gasteiger partial charge in [-0.25, -0.2) is 4.79 Å². The van der Waals surface area contributed by atoms with Gasteiger partial charge in [-0.1, -0.05) is 0 Å². The minimum Gasteiger partial charge on any atom is -0.508 e. The molecule has 0 saturated carbocycles. The molecule has 2 aromatic rings. The van der Waals surface area contributed by atoms with E-state index in [9.17, 15) is 15.0 Å². The Labute approximate surface area is 90.9 Å². The van der Waals surface area contributed by atoms with Crippen molar-refractivity contribution < 1.29 is 19.7 Å². The summed E-state index contributed by atoms with van der Waals surface area (Å²) in [5, 5.41) is 19.2. The van der Waals surface area contributed by atoms with E-state index in [1.165, 1.54) is 25.4 Å². The molecule has 2 rings (SSSR count). The maximum Gasteiger partial charge on any atom is 0.342 e. The van der Waals surface area contributed by atoms with Crippen molar-refractivity contribution in [3.05, 3.63) is 30.0 Å². The topological polar surface area (TPSA) is 79.7 Å². The summed E-state index contributed by atoms with van der Waals surface area (Å²) in [6.45, 7) is 0. The molecule has 0 amide bonds. The Morgan fingerprint density at radius 3 is 2.81 bits per heavy atom. The number of carbonyl (C=O) groups is 1. The van der Waals surface area contributed by atoms with E-state index in [0.717, 1.165) is 0 Å². The third-order valence-corrected chi connectivity index (χ3v) is 2.22. The van der Waals surface area contributed by atoms with E-state index in [1.807, 2.05) is 0 Å². The quantitative estimate of drug-likeness (QED) is 0.709. The molecule has 5 heteroatoms. The molecule has 0 atom stereocenters. The molecule has 1 heterocycles. The number of ether oxygens (including phenoxy) is 1. The van der Waals surface area contributed by atoms with Crippen LogP contribution in [-0.4, -0.2) is 28.3 Å². The highest BCUT2D eigenvalue weighted by Gasteiger charge is 2.16. The number of phenolic OH excluding ortho intramolecular Hbond substituents is 1. The van der Waals surface area contributed by atoms with Crippen molar-refractivity contribution in [1.29, 1.82) is 0 Å². The lowest BCUT2D eigenvalue weighted by Crippen LogP contribution is -2.03. The molecule has 0 aliphatic rings. The van der Waals surface area contributed by atoms with Gasteiger partial charge in [0.05, 0.1) is 18.8 Å². The molecular weight excluding hydrogens is 210 g/mol. The van der Waals surface area contributed by atoms with Gasteiger partial charge in [0.25, 0.3) is 0 Å². The molecule has 2 N–H and O–H groups in total. The first kappa shape index (κ1) is 10.2. The van der Waals surface area contributed by atoms with E-state index in [-0.39, 0.29) is 17.1 Å². The van der Waals surface area contributed by atoms with Crippen molar-refractivity contribution in [2.45, 2.75) is 0 Å². The average molecular weight is 219 g/mol. The van der Waals surface area contributed by atoms with Gasteiger partial charge in [0.1, 0.15) is 17.1 Å². The number of esters is 1. The summed E-state index contributed by atoms with van der Waals surface area (Å²) in [5.41, 5.74) is 0.499. The van der Waals surface area contributed by atoms with Crippen LogP contribution in [0.5, 0.6) is 11.5 Å². The minimum atomic E-state index is -0.671. The van der Waals surface area contributed by atoms with Crippen molar-refractivity contribution >= 4 is 16.9 Å². The largest absolute Gasteiger partial charge is 0.508 e. The Bertz CT molecular complexity index is 560. The highest BCUT2D eigenvalue weighted by atomic mass is 16.5. The number of phenols is 1. The summed E-state index contributed by atoms with van der Waals surface area (Å²) in [5.74, 6) is -0.953. The smallest absolute Gasteiger partial charge is 0.342 e. The zero-order valence-corrected chi connectivity index (χ0v) is 8.47. The fourth-order valence-electron chi connectivity index (χ4n) is 1.49. The molecule has 0 aliphatic heterocycles. The number of hydrogen-bond donors (Lipinski definition) is 2. The maximum absolute atomic E-state index is 11.5. The van der Waals surface area contributed by atoms with Gasteiger partial charge < -0.3 is 14.9 Å². The van der Waals surface area contributed by atoms with Crippen molar-refractivity contribution in [3.63, 3.8) is 0 Å². The number of methoxy groups -OCH3 is 1. The zero-order valence-electron chi connectivity index (χ0n) is 8.47. The normalized spacial score (nSPS) is 10.3. The van der Waals surface area contributed by atoms with E-state index in [0.29, 0.717) is 10.9 Å². The molecule has 5 nitrogen and oxygen atoms in total. The molecule has 0 fully saturated rings. The molecule has 82 valence electrons. The van der Waals surface area contributed by atoms with Gasteiger partial charge in [-0.2, -0.15) is 0 Å². The first-order chi connectivity index (χ1) is 7.63. The van der Waals surface area contributed by atoms with Crippen molar-refractivity contribution in [3.8, 4) is 11.5 Å². The van der Waals surface area contributed by atoms with Crippen LogP contribution in [-0.2, 0) is 4.74 Å². The predicted molar refractivity (Wildman–Crippen MR) is 56.4 cm³/mol. The molecule has 1 aromatic carbocycles. The van der Waals surface area contributed by atoms with Gasteiger partial charge in [-0.15, -0.1) is 0 Å². The summed E-state index contributed by atoms with van der Waals surface area (Å²) in [7, 11) is 1.22. The van der Waals surface area contributed by atoms with Crippen molar-refractivity contribution in [2.75, 3.05) is 7.11 Å². The molecule has 0 unspecified atom stereocenters. The molecule has 0 aliphatic carbocycles. The van der Waals surface area contributed by atoms with Gasteiger partial charge in [-0.3, -0.25) is 4.98 Å². The van der Waals surface area contributed by atoms with Crippen molar-refractivity contribution in [1.82, 2.24) is 4.98 Å². The Morgan fingerprint density at radius 2 is 2.12 bits per heavy atom. The first-order valence-corrected chi connectivity index (χ1v) is 4.52. The van der Waals surface area contributed by atoms with Gasteiger partial charge in [-0.05, 0) is 18.2 Å². The molecule has 0 saturated heterocycles. The zero-order chi connectivity index (χ0) is 11.7. The van der Waals surface area contributed by atoms with Crippen LogP contribution in [0.2, 0.25) is 0 Å². The minimum absolute atomic E-state index is 0.00315. The van der Waals surface area contributed by atoms with E-state index in [4.69, 9.17) is 0 Å². The number of carbonyl (C=O) groups excluding carboxylic acids is 1. The van der Waals surface area contributed by atoms with E-state index in [1.54, 1.807) is 6.07 Å². The second-order valence-electron chi connectivity index (χ2n) is 3.21. The summed E-state index contributed by atoms with van der Waals surface area (Å²) >= 11 is 0. The van der Waals surface area contributed by atoms with Gasteiger partial charge >= 0.3 is 5.97 Å². The van der Waals surface area contributed by atoms with Crippen LogP contribution in [0, 0.1) is 0 Å². The molecule has 16 heavy (non-hydrogen) atoms. The van der Waals surface area contributed by atoms with E-state index < -0.39 is 5.97 Å². The Hall–Kier alpha value is -2.30. The third-order valence-electron chi connectivity index (χ3n) is 2.22. The molecule has 1 aromatic heterocycles. The van der Waals surface area contributed by atoms with Crippen LogP contribution in [0.1, 0.15) is 10.4 Å². The monoisotopic (exact) mass is 219 g/mol. The lowest BCUT2D eigenvalue weighted by Gasteiger charge is -2.06. The summed E-state index contributed by atoms with van der Waals surface area (Å²) in [4.78, 5) is 15.4. The van der Waals surface area contributed by atoms with E-state index in [2.05, 4.69) is 9.72 Å². The lowest BCUT2D eigenvalue weighted by atomic mass is 10.1. The predicted octanol–water partition coefficient (Wildman–Crippen LogP) is 1.43. The Kier molecular flexibility index (Phi) is 2.36. The number of aromatic nitrogens is 1. The number of aromatic hydroxyl groups is 2. The van der Waals surface area contributed by atoms with Crippen LogP contribution in [0.15, 0.2) is 24.4 Å². The summed E-state index contributed by atoms with van der Waals surface area (Å²) < 4.78 is 4.56. The number of benzene rings is 1. The number of hydrogen-bond acceptors (Lipinski definition) is 5. The highest BCUT2D eigenvalue weighted by molar-refractivity contribution is 6.05. The highest BCUT2D eigenvalue weighted by Crippen LogP contribution is 2.28. The maximum atomic E-state index is 11.5.